The fraction of sp³-hybridized carbons (Fsp3) is 0.692. The van der Waals surface area contributed by atoms with Gasteiger partial charge in [0, 0.05) is 12.3 Å². The van der Waals surface area contributed by atoms with Crippen molar-refractivity contribution in [3.63, 3.8) is 0 Å². The second-order valence-corrected chi connectivity index (χ2v) is 4.96. The molecule has 0 bridgehead atoms. The Hall–Kier alpha value is -1.30. The lowest BCUT2D eigenvalue weighted by Crippen LogP contribution is -2.23. The van der Waals surface area contributed by atoms with Gasteiger partial charge in [-0.15, -0.1) is 0 Å². The van der Waals surface area contributed by atoms with Gasteiger partial charge in [-0.25, -0.2) is 0 Å². The van der Waals surface area contributed by atoms with Crippen molar-refractivity contribution in [3.8, 4) is 11.8 Å². The van der Waals surface area contributed by atoms with E-state index in [0.717, 1.165) is 0 Å². The maximum absolute atomic E-state index is 11.3. The van der Waals surface area contributed by atoms with Crippen LogP contribution in [-0.2, 0) is 14.3 Å². The number of hydrogen-bond donors (Lipinski definition) is 0. The molecular weight excluding hydrogens is 204 g/mol. The van der Waals surface area contributed by atoms with Crippen molar-refractivity contribution in [2.45, 2.75) is 41.0 Å². The summed E-state index contributed by atoms with van der Waals surface area (Å²) in [6.07, 6.45) is 0.403. The number of esters is 1. The zero-order valence-electron chi connectivity index (χ0n) is 10.7. The van der Waals surface area contributed by atoms with Crippen molar-refractivity contribution in [2.24, 2.45) is 11.3 Å². The number of carbonyl (C=O) groups is 2. The van der Waals surface area contributed by atoms with Crippen molar-refractivity contribution in [1.82, 2.24) is 0 Å². The molecule has 0 unspecified atom stereocenters. The standard InChI is InChI=1S/C13H20O3/c1-10(2)11(14)8-6-7-9-16-12(15)13(3,4)5/h10H,7,9H2,1-5H3. The first kappa shape index (κ1) is 14.7. The second kappa shape index (κ2) is 6.32. The second-order valence-electron chi connectivity index (χ2n) is 4.96. The van der Waals surface area contributed by atoms with E-state index in [-0.39, 0.29) is 24.3 Å². The maximum Gasteiger partial charge on any atom is 0.311 e. The van der Waals surface area contributed by atoms with Gasteiger partial charge in [-0.3, -0.25) is 9.59 Å². The molecule has 0 fully saturated rings. The number of carbonyl (C=O) groups excluding carboxylic acids is 2. The summed E-state index contributed by atoms with van der Waals surface area (Å²) >= 11 is 0. The average Bonchev–Trinajstić information content (AvgIpc) is 2.14. The third kappa shape index (κ3) is 6.23. The molecule has 0 aliphatic rings. The van der Waals surface area contributed by atoms with Gasteiger partial charge in [0.05, 0.1) is 5.41 Å². The third-order valence-electron chi connectivity index (χ3n) is 1.81. The van der Waals surface area contributed by atoms with Crippen molar-refractivity contribution in [2.75, 3.05) is 6.61 Å². The highest BCUT2D eigenvalue weighted by Gasteiger charge is 2.22. The molecule has 90 valence electrons. The van der Waals surface area contributed by atoms with E-state index in [4.69, 9.17) is 4.74 Å². The number of hydrogen-bond acceptors (Lipinski definition) is 3. The van der Waals surface area contributed by atoms with Gasteiger partial charge in [0.2, 0.25) is 5.78 Å². The van der Waals surface area contributed by atoms with Gasteiger partial charge in [-0.1, -0.05) is 19.8 Å². The molecule has 0 saturated carbocycles. The fourth-order valence-electron chi connectivity index (χ4n) is 0.705. The number of ketones is 1. The highest BCUT2D eigenvalue weighted by Crippen LogP contribution is 2.14. The van der Waals surface area contributed by atoms with Crippen LogP contribution in [0.2, 0.25) is 0 Å². The minimum atomic E-state index is -0.485. The summed E-state index contributed by atoms with van der Waals surface area (Å²) in [6, 6.07) is 0. The van der Waals surface area contributed by atoms with Crippen molar-refractivity contribution < 1.29 is 14.3 Å². The van der Waals surface area contributed by atoms with E-state index in [0.29, 0.717) is 6.42 Å². The SMILES string of the molecule is CC(C)C(=O)C#CCCOC(=O)C(C)(C)C. The van der Waals surface area contributed by atoms with Crippen LogP contribution in [0.25, 0.3) is 0 Å². The molecule has 3 heteroatoms. The molecule has 0 aromatic carbocycles. The Balaban J connectivity index is 3.86. The summed E-state index contributed by atoms with van der Waals surface area (Å²) in [6.45, 7) is 9.23. The molecule has 0 aliphatic carbocycles. The molecule has 0 radical (unpaired) electrons. The minimum Gasteiger partial charge on any atom is -0.464 e. The van der Waals surface area contributed by atoms with Crippen LogP contribution in [-0.4, -0.2) is 18.4 Å². The molecule has 0 spiro atoms. The van der Waals surface area contributed by atoms with Crippen LogP contribution >= 0.6 is 0 Å². The van der Waals surface area contributed by atoms with Crippen LogP contribution in [0, 0.1) is 23.2 Å². The van der Waals surface area contributed by atoms with Gasteiger partial charge in [-0.05, 0) is 26.7 Å². The van der Waals surface area contributed by atoms with Gasteiger partial charge in [0.1, 0.15) is 6.61 Å². The molecule has 16 heavy (non-hydrogen) atoms. The Morgan fingerprint density at radius 3 is 2.25 bits per heavy atom. The van der Waals surface area contributed by atoms with E-state index >= 15 is 0 Å². The third-order valence-corrected chi connectivity index (χ3v) is 1.81. The summed E-state index contributed by atoms with van der Waals surface area (Å²) in [4.78, 5) is 22.5. The normalized spacial score (nSPS) is 10.6. The number of rotatable bonds is 3. The van der Waals surface area contributed by atoms with E-state index in [1.165, 1.54) is 0 Å². The quantitative estimate of drug-likeness (QED) is 0.319. The Morgan fingerprint density at radius 2 is 1.81 bits per heavy atom. The number of Topliss-reactive ketones (excluding diaryl/α,β-unsaturated/α-hetero) is 1. The van der Waals surface area contributed by atoms with Crippen LogP contribution in [0.4, 0.5) is 0 Å². The molecule has 0 N–H and O–H groups in total. The van der Waals surface area contributed by atoms with Crippen molar-refractivity contribution in [1.29, 1.82) is 0 Å². The zero-order valence-corrected chi connectivity index (χ0v) is 10.7. The molecule has 0 atom stereocenters. The van der Waals surface area contributed by atoms with Crippen LogP contribution in [0.15, 0.2) is 0 Å². The lowest BCUT2D eigenvalue weighted by molar-refractivity contribution is -0.152. The molecule has 0 aromatic heterocycles. The van der Waals surface area contributed by atoms with Gasteiger partial charge < -0.3 is 4.74 Å². The molecular formula is C13H20O3. The van der Waals surface area contributed by atoms with Gasteiger partial charge >= 0.3 is 5.97 Å². The minimum absolute atomic E-state index is 0.0652. The van der Waals surface area contributed by atoms with Gasteiger partial charge in [0.15, 0.2) is 0 Å². The molecule has 0 saturated heterocycles. The highest BCUT2D eigenvalue weighted by atomic mass is 16.5. The van der Waals surface area contributed by atoms with Crippen molar-refractivity contribution in [3.05, 3.63) is 0 Å². The van der Waals surface area contributed by atoms with E-state index in [1.807, 2.05) is 0 Å². The highest BCUT2D eigenvalue weighted by molar-refractivity contribution is 5.96. The summed E-state index contributed by atoms with van der Waals surface area (Å²) in [5.41, 5.74) is -0.485. The van der Waals surface area contributed by atoms with Crippen molar-refractivity contribution >= 4 is 11.8 Å². The van der Waals surface area contributed by atoms with Crippen LogP contribution in [0.1, 0.15) is 41.0 Å². The van der Waals surface area contributed by atoms with Crippen LogP contribution in [0.5, 0.6) is 0 Å². The molecule has 0 aliphatic heterocycles. The smallest absolute Gasteiger partial charge is 0.311 e. The van der Waals surface area contributed by atoms with E-state index in [2.05, 4.69) is 11.8 Å². The van der Waals surface area contributed by atoms with E-state index in [9.17, 15) is 9.59 Å². The Bertz CT molecular complexity index is 310. The Kier molecular flexibility index (Phi) is 5.81. The molecule has 0 amide bonds. The summed E-state index contributed by atoms with van der Waals surface area (Å²) in [5, 5.41) is 0. The Labute approximate surface area is 97.6 Å². The van der Waals surface area contributed by atoms with Gasteiger partial charge in [0.25, 0.3) is 0 Å². The Morgan fingerprint density at radius 1 is 1.25 bits per heavy atom. The first-order chi connectivity index (χ1) is 7.25. The maximum atomic E-state index is 11.3. The van der Waals surface area contributed by atoms with E-state index < -0.39 is 5.41 Å². The largest absolute Gasteiger partial charge is 0.464 e. The lowest BCUT2D eigenvalue weighted by atomic mass is 9.97. The summed E-state index contributed by atoms with van der Waals surface area (Å²) in [7, 11) is 0. The van der Waals surface area contributed by atoms with E-state index in [1.54, 1.807) is 34.6 Å². The zero-order chi connectivity index (χ0) is 12.8. The predicted molar refractivity (Wildman–Crippen MR) is 62.7 cm³/mol. The predicted octanol–water partition coefficient (Wildman–Crippen LogP) is 2.19. The van der Waals surface area contributed by atoms with Crippen LogP contribution in [0.3, 0.4) is 0 Å². The number of ether oxygens (including phenoxy) is 1. The monoisotopic (exact) mass is 224 g/mol. The first-order valence-electron chi connectivity index (χ1n) is 5.45. The average molecular weight is 224 g/mol. The van der Waals surface area contributed by atoms with Crippen LogP contribution < -0.4 is 0 Å². The molecule has 0 heterocycles. The topological polar surface area (TPSA) is 43.4 Å². The summed E-state index contributed by atoms with van der Waals surface area (Å²) < 4.78 is 5.00. The van der Waals surface area contributed by atoms with Gasteiger partial charge in [-0.2, -0.15) is 0 Å². The molecule has 3 nitrogen and oxygen atoms in total. The fourth-order valence-corrected chi connectivity index (χ4v) is 0.705. The molecule has 0 aromatic rings. The lowest BCUT2D eigenvalue weighted by Gasteiger charge is -2.15. The molecule has 0 rings (SSSR count). The first-order valence-corrected chi connectivity index (χ1v) is 5.45. The summed E-state index contributed by atoms with van der Waals surface area (Å²) in [5.74, 6) is 4.82.